The smallest absolute Gasteiger partial charge is 0.307 e. The summed E-state index contributed by atoms with van der Waals surface area (Å²) < 4.78 is 4.78. The molecule has 0 spiro atoms. The number of ether oxygens (including phenoxy) is 1. The van der Waals surface area contributed by atoms with Gasteiger partial charge in [-0.25, -0.2) is 0 Å². The number of piperidine rings is 1. The molecule has 1 unspecified atom stereocenters. The van der Waals surface area contributed by atoms with E-state index in [1.807, 2.05) is 24.3 Å². The average Bonchev–Trinajstić information content (AvgIpc) is 2.49. The van der Waals surface area contributed by atoms with E-state index >= 15 is 0 Å². The molecule has 0 amide bonds. The summed E-state index contributed by atoms with van der Waals surface area (Å²) in [6.07, 6.45) is 3.81. The molecular formula is C16H20N2O2. The second-order valence-corrected chi connectivity index (χ2v) is 5.21. The van der Waals surface area contributed by atoms with Crippen LogP contribution in [-0.4, -0.2) is 30.6 Å². The molecule has 106 valence electrons. The maximum atomic E-state index is 11.5. The zero-order chi connectivity index (χ0) is 14.4. The Labute approximate surface area is 120 Å². The van der Waals surface area contributed by atoms with Crippen LogP contribution in [0.15, 0.2) is 24.3 Å². The highest BCUT2D eigenvalue weighted by Gasteiger charge is 2.25. The summed E-state index contributed by atoms with van der Waals surface area (Å²) in [7, 11) is 1.44. The lowest BCUT2D eigenvalue weighted by atomic mass is 9.98. The van der Waals surface area contributed by atoms with E-state index in [0.717, 1.165) is 37.9 Å². The second-order valence-electron chi connectivity index (χ2n) is 5.21. The van der Waals surface area contributed by atoms with Crippen LogP contribution in [0.25, 0.3) is 0 Å². The average molecular weight is 272 g/mol. The Kier molecular flexibility index (Phi) is 5.14. The van der Waals surface area contributed by atoms with Crippen LogP contribution in [0.4, 0.5) is 0 Å². The molecule has 0 saturated carbocycles. The molecule has 4 heteroatoms. The first-order valence-electron chi connectivity index (χ1n) is 7.03. The molecule has 1 aromatic carbocycles. The van der Waals surface area contributed by atoms with Crippen molar-refractivity contribution in [2.24, 2.45) is 0 Å². The monoisotopic (exact) mass is 272 g/mol. The molecule has 0 radical (unpaired) electrons. The second kappa shape index (κ2) is 7.06. The molecule has 0 aromatic heterocycles. The van der Waals surface area contributed by atoms with Crippen molar-refractivity contribution in [2.45, 2.75) is 38.3 Å². The number of carbonyl (C=O) groups is 1. The van der Waals surface area contributed by atoms with Crippen LogP contribution in [-0.2, 0) is 16.1 Å². The van der Waals surface area contributed by atoms with Crippen molar-refractivity contribution < 1.29 is 9.53 Å². The molecule has 1 aromatic rings. The summed E-state index contributed by atoms with van der Waals surface area (Å²) in [5, 5.41) is 8.95. The number of hydrogen-bond donors (Lipinski definition) is 0. The number of esters is 1. The Hall–Kier alpha value is -1.86. The number of likely N-dealkylation sites (tertiary alicyclic amines) is 1. The van der Waals surface area contributed by atoms with E-state index in [9.17, 15) is 4.79 Å². The van der Waals surface area contributed by atoms with E-state index in [1.165, 1.54) is 7.11 Å². The lowest BCUT2D eigenvalue weighted by molar-refractivity contribution is -0.142. The lowest BCUT2D eigenvalue weighted by Gasteiger charge is -2.35. The fourth-order valence-corrected chi connectivity index (χ4v) is 2.75. The molecule has 20 heavy (non-hydrogen) atoms. The topological polar surface area (TPSA) is 53.3 Å². The fourth-order valence-electron chi connectivity index (χ4n) is 2.75. The predicted octanol–water partition coefficient (Wildman–Crippen LogP) is 2.48. The van der Waals surface area contributed by atoms with E-state index < -0.39 is 0 Å². The lowest BCUT2D eigenvalue weighted by Crippen LogP contribution is -2.40. The van der Waals surface area contributed by atoms with Crippen molar-refractivity contribution in [3.63, 3.8) is 0 Å². The van der Waals surface area contributed by atoms with Crippen molar-refractivity contribution in [1.29, 1.82) is 5.26 Å². The molecule has 4 nitrogen and oxygen atoms in total. The van der Waals surface area contributed by atoms with Crippen molar-refractivity contribution in [3.8, 4) is 6.07 Å². The third-order valence-corrected chi connectivity index (χ3v) is 3.82. The first-order chi connectivity index (χ1) is 9.72. The van der Waals surface area contributed by atoms with Crippen molar-refractivity contribution in [1.82, 2.24) is 4.90 Å². The van der Waals surface area contributed by atoms with Gasteiger partial charge in [0, 0.05) is 12.6 Å². The Balaban J connectivity index is 2.04. The standard InChI is InChI=1S/C16H20N2O2/c1-20-16(19)10-15-7-2-3-8-18(15)12-14-6-4-5-13(9-14)11-17/h4-6,9,15H,2-3,7-8,10,12H2,1H3. The molecule has 1 fully saturated rings. The molecule has 1 aliphatic heterocycles. The Morgan fingerprint density at radius 2 is 2.35 bits per heavy atom. The van der Waals surface area contributed by atoms with Crippen LogP contribution in [0.1, 0.15) is 36.8 Å². The highest BCUT2D eigenvalue weighted by molar-refractivity contribution is 5.69. The fraction of sp³-hybridized carbons (Fsp3) is 0.500. The van der Waals surface area contributed by atoms with E-state index in [1.54, 1.807) is 0 Å². The zero-order valence-electron chi connectivity index (χ0n) is 11.8. The van der Waals surface area contributed by atoms with Gasteiger partial charge in [-0.05, 0) is 37.1 Å². The summed E-state index contributed by atoms with van der Waals surface area (Å²) >= 11 is 0. The van der Waals surface area contributed by atoms with E-state index in [4.69, 9.17) is 10.00 Å². The molecule has 1 aliphatic rings. The number of carbonyl (C=O) groups excluding carboxylic acids is 1. The Morgan fingerprint density at radius 3 is 3.10 bits per heavy atom. The first-order valence-corrected chi connectivity index (χ1v) is 7.03. The number of nitrogens with zero attached hydrogens (tertiary/aromatic N) is 2. The Bertz CT molecular complexity index is 507. The van der Waals surface area contributed by atoms with Gasteiger partial charge >= 0.3 is 5.97 Å². The number of hydrogen-bond acceptors (Lipinski definition) is 4. The third-order valence-electron chi connectivity index (χ3n) is 3.82. The zero-order valence-corrected chi connectivity index (χ0v) is 11.8. The van der Waals surface area contributed by atoms with Gasteiger partial charge in [0.05, 0.1) is 25.2 Å². The van der Waals surface area contributed by atoms with Gasteiger partial charge in [-0.15, -0.1) is 0 Å². The van der Waals surface area contributed by atoms with E-state index in [-0.39, 0.29) is 12.0 Å². The number of nitriles is 1. The molecule has 1 atom stereocenters. The molecule has 0 aliphatic carbocycles. The maximum absolute atomic E-state index is 11.5. The minimum absolute atomic E-state index is 0.146. The summed E-state index contributed by atoms with van der Waals surface area (Å²) in [4.78, 5) is 13.8. The minimum atomic E-state index is -0.146. The van der Waals surface area contributed by atoms with Crippen LogP contribution >= 0.6 is 0 Å². The molecular weight excluding hydrogens is 252 g/mol. The molecule has 1 heterocycles. The maximum Gasteiger partial charge on any atom is 0.307 e. The molecule has 0 bridgehead atoms. The van der Waals surface area contributed by atoms with Crippen molar-refractivity contribution >= 4 is 5.97 Å². The number of rotatable bonds is 4. The van der Waals surface area contributed by atoms with Gasteiger partial charge in [0.15, 0.2) is 0 Å². The predicted molar refractivity (Wildman–Crippen MR) is 75.8 cm³/mol. The van der Waals surface area contributed by atoms with Gasteiger partial charge in [0.25, 0.3) is 0 Å². The van der Waals surface area contributed by atoms with Crippen LogP contribution in [0.5, 0.6) is 0 Å². The van der Waals surface area contributed by atoms with E-state index in [0.29, 0.717) is 12.0 Å². The van der Waals surface area contributed by atoms with E-state index in [2.05, 4.69) is 11.0 Å². The van der Waals surface area contributed by atoms with Crippen molar-refractivity contribution in [3.05, 3.63) is 35.4 Å². The minimum Gasteiger partial charge on any atom is -0.469 e. The largest absolute Gasteiger partial charge is 0.469 e. The van der Waals surface area contributed by atoms with Crippen LogP contribution < -0.4 is 0 Å². The van der Waals surface area contributed by atoms with Gasteiger partial charge in [0.2, 0.25) is 0 Å². The normalized spacial score (nSPS) is 19.3. The van der Waals surface area contributed by atoms with Crippen LogP contribution in [0.3, 0.4) is 0 Å². The van der Waals surface area contributed by atoms with Crippen molar-refractivity contribution in [2.75, 3.05) is 13.7 Å². The first kappa shape index (κ1) is 14.5. The van der Waals surface area contributed by atoms with Crippen LogP contribution in [0, 0.1) is 11.3 Å². The van der Waals surface area contributed by atoms with Gasteiger partial charge < -0.3 is 4.74 Å². The highest BCUT2D eigenvalue weighted by Crippen LogP contribution is 2.22. The number of benzene rings is 1. The summed E-state index contributed by atoms with van der Waals surface area (Å²) in [6.45, 7) is 1.79. The summed E-state index contributed by atoms with van der Waals surface area (Å²) in [6, 6.07) is 10.1. The SMILES string of the molecule is COC(=O)CC1CCCCN1Cc1cccc(C#N)c1. The molecule has 2 rings (SSSR count). The van der Waals surface area contributed by atoms with Crippen LogP contribution in [0.2, 0.25) is 0 Å². The highest BCUT2D eigenvalue weighted by atomic mass is 16.5. The summed E-state index contributed by atoms with van der Waals surface area (Å²) in [5.41, 5.74) is 1.81. The third kappa shape index (κ3) is 3.82. The van der Waals surface area contributed by atoms with Gasteiger partial charge in [-0.1, -0.05) is 18.6 Å². The van der Waals surface area contributed by atoms with Gasteiger partial charge in [-0.2, -0.15) is 5.26 Å². The van der Waals surface area contributed by atoms with Gasteiger partial charge in [0.1, 0.15) is 0 Å². The summed E-state index contributed by atoms with van der Waals surface area (Å²) in [5.74, 6) is -0.146. The Morgan fingerprint density at radius 1 is 1.50 bits per heavy atom. The van der Waals surface area contributed by atoms with Gasteiger partial charge in [-0.3, -0.25) is 9.69 Å². The molecule has 0 N–H and O–H groups in total. The quantitative estimate of drug-likeness (QED) is 0.790. The number of methoxy groups -OCH3 is 1. The molecule has 1 saturated heterocycles.